The SMILES string of the molecule is COC(=O)CC(O)C(O)c1ccc(F)c(CC#N)c1. The van der Waals surface area contributed by atoms with Crippen molar-refractivity contribution in [2.24, 2.45) is 0 Å². The van der Waals surface area contributed by atoms with Crippen LogP contribution in [0.15, 0.2) is 18.2 Å². The van der Waals surface area contributed by atoms with E-state index in [0.717, 1.165) is 6.07 Å². The molecule has 2 unspecified atom stereocenters. The molecule has 19 heavy (non-hydrogen) atoms. The van der Waals surface area contributed by atoms with Crippen molar-refractivity contribution in [3.8, 4) is 6.07 Å². The van der Waals surface area contributed by atoms with Crippen molar-refractivity contribution in [2.75, 3.05) is 7.11 Å². The molecule has 0 saturated heterocycles. The molecule has 0 spiro atoms. The standard InChI is InChI=1S/C13H14FNO4/c1-19-12(17)7-11(16)13(18)9-2-3-10(14)8(6-9)4-5-15/h2-3,6,11,13,16,18H,4,7H2,1H3. The van der Waals surface area contributed by atoms with E-state index in [1.807, 2.05) is 0 Å². The molecule has 1 aromatic carbocycles. The lowest BCUT2D eigenvalue weighted by atomic mass is 9.99. The van der Waals surface area contributed by atoms with Crippen molar-refractivity contribution in [1.82, 2.24) is 0 Å². The van der Waals surface area contributed by atoms with E-state index in [9.17, 15) is 19.4 Å². The molecule has 0 amide bonds. The minimum absolute atomic E-state index is 0.129. The van der Waals surface area contributed by atoms with Crippen molar-refractivity contribution in [3.63, 3.8) is 0 Å². The van der Waals surface area contributed by atoms with Gasteiger partial charge in [0.2, 0.25) is 0 Å². The van der Waals surface area contributed by atoms with Crippen LogP contribution in [0.4, 0.5) is 4.39 Å². The molecule has 0 aliphatic carbocycles. The quantitative estimate of drug-likeness (QED) is 0.772. The van der Waals surface area contributed by atoms with Crippen molar-refractivity contribution >= 4 is 5.97 Å². The second kappa shape index (κ2) is 6.83. The Balaban J connectivity index is 2.87. The highest BCUT2D eigenvalue weighted by atomic mass is 19.1. The first kappa shape index (κ1) is 15.1. The predicted octanol–water partition coefficient (Wildman–Crippen LogP) is 0.849. The average molecular weight is 267 g/mol. The molecule has 0 heterocycles. The topological polar surface area (TPSA) is 90.6 Å². The molecule has 0 saturated carbocycles. The number of halogens is 1. The van der Waals surface area contributed by atoms with Gasteiger partial charge in [-0.05, 0) is 17.7 Å². The molecule has 0 aliphatic heterocycles. The van der Waals surface area contributed by atoms with E-state index in [2.05, 4.69) is 4.74 Å². The Hall–Kier alpha value is -1.97. The molecule has 1 rings (SSSR count). The number of ether oxygens (including phenoxy) is 1. The largest absolute Gasteiger partial charge is 0.469 e. The van der Waals surface area contributed by atoms with Crippen LogP contribution in [0.2, 0.25) is 0 Å². The highest BCUT2D eigenvalue weighted by Crippen LogP contribution is 2.22. The molecular weight excluding hydrogens is 253 g/mol. The number of aliphatic hydroxyl groups is 2. The number of hydrogen-bond acceptors (Lipinski definition) is 5. The van der Waals surface area contributed by atoms with Crippen LogP contribution >= 0.6 is 0 Å². The van der Waals surface area contributed by atoms with Crippen LogP contribution in [-0.2, 0) is 16.0 Å². The number of nitriles is 1. The summed E-state index contributed by atoms with van der Waals surface area (Å²) in [6.45, 7) is 0. The molecule has 6 heteroatoms. The summed E-state index contributed by atoms with van der Waals surface area (Å²) in [5.41, 5.74) is 0.368. The fourth-order valence-corrected chi connectivity index (χ4v) is 1.59. The summed E-state index contributed by atoms with van der Waals surface area (Å²) in [6.07, 6.45) is -3.22. The van der Waals surface area contributed by atoms with Gasteiger partial charge in [-0.3, -0.25) is 4.79 Å². The summed E-state index contributed by atoms with van der Waals surface area (Å²) in [6, 6.07) is 5.50. The summed E-state index contributed by atoms with van der Waals surface area (Å²) in [5, 5.41) is 28.1. The maximum absolute atomic E-state index is 13.3. The van der Waals surface area contributed by atoms with E-state index in [1.165, 1.54) is 19.2 Å². The monoisotopic (exact) mass is 267 g/mol. The summed E-state index contributed by atoms with van der Waals surface area (Å²) >= 11 is 0. The first-order valence-electron chi connectivity index (χ1n) is 5.57. The van der Waals surface area contributed by atoms with Gasteiger partial charge in [-0.2, -0.15) is 5.26 Å². The summed E-state index contributed by atoms with van der Waals surface area (Å²) in [4.78, 5) is 11.0. The summed E-state index contributed by atoms with van der Waals surface area (Å²) < 4.78 is 17.7. The third kappa shape index (κ3) is 4.02. The molecule has 2 N–H and O–H groups in total. The van der Waals surface area contributed by atoms with Crippen LogP contribution in [0.1, 0.15) is 23.7 Å². The third-order valence-electron chi connectivity index (χ3n) is 2.65. The predicted molar refractivity (Wildman–Crippen MR) is 63.3 cm³/mol. The fraction of sp³-hybridized carbons (Fsp3) is 0.385. The van der Waals surface area contributed by atoms with Crippen LogP contribution in [0.3, 0.4) is 0 Å². The van der Waals surface area contributed by atoms with Crippen LogP contribution in [0, 0.1) is 17.1 Å². The molecule has 0 aliphatic rings. The smallest absolute Gasteiger partial charge is 0.308 e. The Morgan fingerprint density at radius 1 is 1.53 bits per heavy atom. The molecule has 0 fully saturated rings. The lowest BCUT2D eigenvalue weighted by Crippen LogP contribution is -2.22. The molecule has 1 aromatic rings. The van der Waals surface area contributed by atoms with Crippen LogP contribution in [0.25, 0.3) is 0 Å². The lowest BCUT2D eigenvalue weighted by molar-refractivity contribution is -0.144. The van der Waals surface area contributed by atoms with Crippen molar-refractivity contribution in [3.05, 3.63) is 35.1 Å². The Morgan fingerprint density at radius 3 is 2.79 bits per heavy atom. The zero-order valence-electron chi connectivity index (χ0n) is 10.3. The van der Waals surface area contributed by atoms with Gasteiger partial charge in [0.25, 0.3) is 0 Å². The van der Waals surface area contributed by atoms with Crippen LogP contribution in [0.5, 0.6) is 0 Å². The lowest BCUT2D eigenvalue weighted by Gasteiger charge is -2.17. The number of nitrogens with zero attached hydrogens (tertiary/aromatic N) is 1. The highest BCUT2D eigenvalue weighted by molar-refractivity contribution is 5.69. The highest BCUT2D eigenvalue weighted by Gasteiger charge is 2.22. The second-order valence-corrected chi connectivity index (χ2v) is 3.98. The first-order chi connectivity index (χ1) is 8.99. The summed E-state index contributed by atoms with van der Waals surface area (Å²) in [5.74, 6) is -1.22. The molecule has 5 nitrogen and oxygen atoms in total. The second-order valence-electron chi connectivity index (χ2n) is 3.98. The Kier molecular flexibility index (Phi) is 5.42. The van der Waals surface area contributed by atoms with Gasteiger partial charge in [0.15, 0.2) is 0 Å². The average Bonchev–Trinajstić information content (AvgIpc) is 2.40. The number of carbonyl (C=O) groups excluding carboxylic acids is 1. The number of carbonyl (C=O) groups is 1. The zero-order chi connectivity index (χ0) is 14.4. The van der Waals surface area contributed by atoms with E-state index >= 15 is 0 Å². The Labute approximate surface area is 109 Å². The van der Waals surface area contributed by atoms with E-state index in [1.54, 1.807) is 6.07 Å². The normalized spacial score (nSPS) is 13.4. The summed E-state index contributed by atoms with van der Waals surface area (Å²) in [7, 11) is 1.17. The Bertz CT molecular complexity index is 498. The van der Waals surface area contributed by atoms with Gasteiger partial charge in [0.05, 0.1) is 32.1 Å². The Morgan fingerprint density at radius 2 is 2.21 bits per heavy atom. The van der Waals surface area contributed by atoms with Gasteiger partial charge in [-0.25, -0.2) is 4.39 Å². The molecule has 0 bridgehead atoms. The number of rotatable bonds is 5. The van der Waals surface area contributed by atoms with Gasteiger partial charge >= 0.3 is 5.97 Å². The molecular formula is C13H14FNO4. The van der Waals surface area contributed by atoms with E-state index in [4.69, 9.17) is 5.26 Å². The van der Waals surface area contributed by atoms with Crippen LogP contribution in [-0.4, -0.2) is 29.4 Å². The van der Waals surface area contributed by atoms with Crippen LogP contribution < -0.4 is 0 Å². The molecule has 2 atom stereocenters. The number of benzene rings is 1. The van der Waals surface area contributed by atoms with E-state index in [0.29, 0.717) is 0 Å². The maximum Gasteiger partial charge on any atom is 0.308 e. The van der Waals surface area contributed by atoms with E-state index < -0.39 is 24.0 Å². The number of hydrogen-bond donors (Lipinski definition) is 2. The van der Waals surface area contributed by atoms with Crippen molar-refractivity contribution < 1.29 is 24.1 Å². The maximum atomic E-state index is 13.3. The fourth-order valence-electron chi connectivity index (χ4n) is 1.59. The van der Waals surface area contributed by atoms with Gasteiger partial charge in [0, 0.05) is 5.56 Å². The van der Waals surface area contributed by atoms with Gasteiger partial charge in [0.1, 0.15) is 11.9 Å². The van der Waals surface area contributed by atoms with E-state index in [-0.39, 0.29) is 24.0 Å². The van der Waals surface area contributed by atoms with Gasteiger partial charge < -0.3 is 14.9 Å². The van der Waals surface area contributed by atoms with Gasteiger partial charge in [-0.15, -0.1) is 0 Å². The molecule has 0 radical (unpaired) electrons. The number of methoxy groups -OCH3 is 1. The number of esters is 1. The third-order valence-corrected chi connectivity index (χ3v) is 2.65. The number of aliphatic hydroxyl groups excluding tert-OH is 2. The first-order valence-corrected chi connectivity index (χ1v) is 5.57. The minimum Gasteiger partial charge on any atom is -0.469 e. The zero-order valence-corrected chi connectivity index (χ0v) is 10.3. The van der Waals surface area contributed by atoms with Crippen molar-refractivity contribution in [1.29, 1.82) is 5.26 Å². The van der Waals surface area contributed by atoms with Crippen molar-refractivity contribution in [2.45, 2.75) is 25.0 Å². The van der Waals surface area contributed by atoms with Gasteiger partial charge in [-0.1, -0.05) is 6.07 Å². The minimum atomic E-state index is -1.35. The molecule has 0 aromatic heterocycles. The molecule has 102 valence electrons.